The number of aliphatic imine (C=N–C) groups is 1. The van der Waals surface area contributed by atoms with Gasteiger partial charge in [0.1, 0.15) is 11.6 Å². The number of aromatic nitrogens is 2. The van der Waals surface area contributed by atoms with Crippen LogP contribution in [0.1, 0.15) is 5.69 Å². The number of hydrogen-bond acceptors (Lipinski definition) is 4. The summed E-state index contributed by atoms with van der Waals surface area (Å²) in [5.74, 6) is 1.44. The summed E-state index contributed by atoms with van der Waals surface area (Å²) in [6.45, 7) is 0.742. The maximum atomic E-state index is 6.27. The van der Waals surface area contributed by atoms with Crippen molar-refractivity contribution >= 4 is 45.8 Å². The van der Waals surface area contributed by atoms with Crippen molar-refractivity contribution in [3.63, 3.8) is 0 Å². The van der Waals surface area contributed by atoms with Crippen LogP contribution in [-0.4, -0.2) is 29.8 Å². The van der Waals surface area contributed by atoms with E-state index in [-0.39, 0.29) is 0 Å². The third-order valence-corrected chi connectivity index (χ3v) is 4.21. The molecule has 6 heteroatoms. The molecule has 1 aliphatic rings. The van der Waals surface area contributed by atoms with Crippen molar-refractivity contribution in [2.75, 3.05) is 19.0 Å². The van der Waals surface area contributed by atoms with E-state index in [0.717, 1.165) is 46.0 Å². The highest BCUT2D eigenvalue weighted by atomic mass is 35.5. The standard InChI is InChI=1S/C18H15ClN4O/c1-24-13-2-3-15(14(19)7-13)23-18-8-17-12(10-21-18)6-16(22-17)11-4-5-20-9-11/h2-4,6-10,22H,5H2,1H3,(H,21,23). The molecule has 2 aromatic heterocycles. The predicted octanol–water partition coefficient (Wildman–Crippen LogP) is 4.44. The van der Waals surface area contributed by atoms with Gasteiger partial charge in [0.2, 0.25) is 0 Å². The van der Waals surface area contributed by atoms with Gasteiger partial charge in [0.25, 0.3) is 0 Å². The zero-order chi connectivity index (χ0) is 16.5. The molecule has 24 heavy (non-hydrogen) atoms. The zero-order valence-electron chi connectivity index (χ0n) is 13.0. The Balaban J connectivity index is 1.64. The van der Waals surface area contributed by atoms with Crippen LogP contribution in [0.5, 0.6) is 5.75 Å². The number of fused-ring (bicyclic) bond motifs is 1. The van der Waals surface area contributed by atoms with Crippen molar-refractivity contribution in [1.82, 2.24) is 9.97 Å². The van der Waals surface area contributed by atoms with Crippen molar-refractivity contribution in [2.45, 2.75) is 0 Å². The molecule has 0 unspecified atom stereocenters. The molecule has 1 aromatic carbocycles. The second-order valence-corrected chi connectivity index (χ2v) is 5.87. The summed E-state index contributed by atoms with van der Waals surface area (Å²) in [5.41, 5.74) is 3.95. The average molecular weight is 339 g/mol. The molecule has 0 spiro atoms. The first-order valence-corrected chi connectivity index (χ1v) is 7.90. The number of methoxy groups -OCH3 is 1. The van der Waals surface area contributed by atoms with Gasteiger partial charge in [-0.15, -0.1) is 0 Å². The van der Waals surface area contributed by atoms with Crippen molar-refractivity contribution in [2.24, 2.45) is 4.99 Å². The number of halogens is 1. The Bertz CT molecular complexity index is 974. The molecule has 3 aromatic rings. The minimum atomic E-state index is 0.579. The summed E-state index contributed by atoms with van der Waals surface area (Å²) >= 11 is 6.27. The maximum absolute atomic E-state index is 6.27. The van der Waals surface area contributed by atoms with Gasteiger partial charge in [-0.25, -0.2) is 4.98 Å². The summed E-state index contributed by atoms with van der Waals surface area (Å²) in [6, 6.07) is 9.53. The van der Waals surface area contributed by atoms with Crippen molar-refractivity contribution < 1.29 is 4.74 Å². The molecule has 2 N–H and O–H groups in total. The van der Waals surface area contributed by atoms with Gasteiger partial charge in [-0.05, 0) is 18.2 Å². The van der Waals surface area contributed by atoms with Crippen LogP contribution in [0, 0.1) is 0 Å². The molecule has 0 saturated carbocycles. The van der Waals surface area contributed by atoms with Crippen LogP contribution in [0.3, 0.4) is 0 Å². The molecule has 0 amide bonds. The molecule has 0 atom stereocenters. The van der Waals surface area contributed by atoms with Crippen LogP contribution in [0.2, 0.25) is 5.02 Å². The molecule has 0 radical (unpaired) electrons. The molecular formula is C18H15ClN4O. The fraction of sp³-hybridized carbons (Fsp3) is 0.111. The van der Waals surface area contributed by atoms with E-state index in [1.807, 2.05) is 30.6 Å². The summed E-state index contributed by atoms with van der Waals surface area (Å²) in [4.78, 5) is 12.1. The van der Waals surface area contributed by atoms with E-state index in [1.54, 1.807) is 13.2 Å². The highest BCUT2D eigenvalue weighted by Gasteiger charge is 2.09. The van der Waals surface area contributed by atoms with Crippen molar-refractivity contribution in [3.05, 3.63) is 53.3 Å². The molecule has 5 nitrogen and oxygen atoms in total. The number of H-pyrrole nitrogens is 1. The average Bonchev–Trinajstić information content (AvgIpc) is 3.25. The van der Waals surface area contributed by atoms with Crippen molar-refractivity contribution in [1.29, 1.82) is 0 Å². The lowest BCUT2D eigenvalue weighted by Gasteiger charge is -2.09. The summed E-state index contributed by atoms with van der Waals surface area (Å²) in [5, 5.41) is 4.87. The first kappa shape index (κ1) is 14.8. The highest BCUT2D eigenvalue weighted by molar-refractivity contribution is 6.33. The van der Waals surface area contributed by atoms with Gasteiger partial charge in [-0.1, -0.05) is 17.7 Å². The zero-order valence-corrected chi connectivity index (χ0v) is 13.8. The number of hydrogen-bond donors (Lipinski definition) is 2. The van der Waals surface area contributed by atoms with Gasteiger partial charge < -0.3 is 15.0 Å². The van der Waals surface area contributed by atoms with Crippen LogP contribution in [0.25, 0.3) is 16.5 Å². The van der Waals surface area contributed by atoms with E-state index >= 15 is 0 Å². The van der Waals surface area contributed by atoms with Crippen LogP contribution in [0.4, 0.5) is 11.5 Å². The fourth-order valence-electron chi connectivity index (χ4n) is 2.65. The number of benzene rings is 1. The SMILES string of the molecule is COc1ccc(Nc2cc3[nH]c(C4=CCN=C4)cc3cn2)c(Cl)c1. The number of rotatable bonds is 4. The quantitative estimate of drug-likeness (QED) is 0.739. The Kier molecular flexibility index (Phi) is 3.70. The first-order valence-electron chi connectivity index (χ1n) is 7.52. The third-order valence-electron chi connectivity index (χ3n) is 3.90. The van der Waals surface area contributed by atoms with Gasteiger partial charge >= 0.3 is 0 Å². The summed E-state index contributed by atoms with van der Waals surface area (Å²) < 4.78 is 5.16. The normalized spacial score (nSPS) is 13.3. The van der Waals surface area contributed by atoms with Crippen LogP contribution in [-0.2, 0) is 0 Å². The van der Waals surface area contributed by atoms with Gasteiger partial charge in [0.15, 0.2) is 0 Å². The minimum absolute atomic E-state index is 0.579. The Labute approximate surface area is 144 Å². The Morgan fingerprint density at radius 2 is 2.17 bits per heavy atom. The maximum Gasteiger partial charge on any atom is 0.132 e. The Morgan fingerprint density at radius 1 is 1.25 bits per heavy atom. The largest absolute Gasteiger partial charge is 0.497 e. The van der Waals surface area contributed by atoms with E-state index in [0.29, 0.717) is 5.02 Å². The molecule has 0 bridgehead atoms. The molecule has 4 rings (SSSR count). The molecule has 1 aliphatic heterocycles. The van der Waals surface area contributed by atoms with E-state index in [1.165, 1.54) is 0 Å². The van der Waals surface area contributed by atoms with E-state index in [2.05, 4.69) is 32.4 Å². The van der Waals surface area contributed by atoms with Gasteiger partial charge in [0.05, 0.1) is 29.9 Å². The second kappa shape index (κ2) is 6.02. The fourth-order valence-corrected chi connectivity index (χ4v) is 2.86. The first-order chi connectivity index (χ1) is 11.7. The van der Waals surface area contributed by atoms with E-state index in [9.17, 15) is 0 Å². The van der Waals surface area contributed by atoms with Gasteiger partial charge in [-0.2, -0.15) is 0 Å². The lowest BCUT2D eigenvalue weighted by molar-refractivity contribution is 0.415. The molecule has 0 aliphatic carbocycles. The van der Waals surface area contributed by atoms with Crippen LogP contribution >= 0.6 is 11.6 Å². The lowest BCUT2D eigenvalue weighted by atomic mass is 10.2. The molecule has 0 saturated heterocycles. The molecular weight excluding hydrogens is 324 g/mol. The minimum Gasteiger partial charge on any atom is -0.497 e. The third kappa shape index (κ3) is 2.74. The van der Waals surface area contributed by atoms with Crippen LogP contribution in [0.15, 0.2) is 47.6 Å². The predicted molar refractivity (Wildman–Crippen MR) is 98.7 cm³/mol. The summed E-state index contributed by atoms with van der Waals surface area (Å²) in [7, 11) is 1.61. The molecule has 120 valence electrons. The van der Waals surface area contributed by atoms with Crippen LogP contribution < -0.4 is 10.1 Å². The van der Waals surface area contributed by atoms with Crippen molar-refractivity contribution in [3.8, 4) is 5.75 Å². The number of anilines is 2. The smallest absolute Gasteiger partial charge is 0.132 e. The highest BCUT2D eigenvalue weighted by Crippen LogP contribution is 2.30. The number of pyridine rings is 1. The van der Waals surface area contributed by atoms with Gasteiger partial charge in [-0.3, -0.25) is 4.99 Å². The monoisotopic (exact) mass is 338 g/mol. The number of ether oxygens (including phenoxy) is 1. The van der Waals surface area contributed by atoms with E-state index in [4.69, 9.17) is 16.3 Å². The molecule has 0 fully saturated rings. The van der Waals surface area contributed by atoms with E-state index < -0.39 is 0 Å². The Morgan fingerprint density at radius 3 is 2.92 bits per heavy atom. The number of nitrogens with one attached hydrogen (secondary N) is 2. The number of aromatic amines is 1. The topological polar surface area (TPSA) is 62.3 Å². The number of nitrogens with zero attached hydrogens (tertiary/aromatic N) is 2. The molecule has 3 heterocycles. The number of allylic oxidation sites excluding steroid dienone is 1. The summed E-state index contributed by atoms with van der Waals surface area (Å²) in [6.07, 6.45) is 5.81. The second-order valence-electron chi connectivity index (χ2n) is 5.46. The lowest BCUT2D eigenvalue weighted by Crippen LogP contribution is -1.94. The Hall–Kier alpha value is -2.79. The van der Waals surface area contributed by atoms with Gasteiger partial charge in [0, 0.05) is 41.2 Å².